The molecule has 160 valence electrons. The molecule has 0 spiro atoms. The Hall–Kier alpha value is -3.02. The van der Waals surface area contributed by atoms with E-state index in [1.807, 2.05) is 12.1 Å². The lowest BCUT2D eigenvalue weighted by molar-refractivity contribution is -0.384. The third-order valence-electron chi connectivity index (χ3n) is 7.94. The van der Waals surface area contributed by atoms with Crippen molar-refractivity contribution in [3.8, 4) is 5.75 Å². The highest BCUT2D eigenvalue weighted by Crippen LogP contribution is 2.60. The van der Waals surface area contributed by atoms with Crippen LogP contribution in [0.2, 0.25) is 0 Å². The molecule has 6 nitrogen and oxygen atoms in total. The van der Waals surface area contributed by atoms with Crippen molar-refractivity contribution in [3.63, 3.8) is 0 Å². The van der Waals surface area contributed by atoms with Gasteiger partial charge < -0.3 is 5.11 Å². The zero-order valence-corrected chi connectivity index (χ0v) is 17.7. The molecule has 1 N–H and O–H groups in total. The van der Waals surface area contributed by atoms with Crippen molar-refractivity contribution in [1.29, 1.82) is 0 Å². The second-order valence-electron chi connectivity index (χ2n) is 9.43. The van der Waals surface area contributed by atoms with Gasteiger partial charge in [-0.15, -0.1) is 0 Å². The van der Waals surface area contributed by atoms with Gasteiger partial charge in [-0.3, -0.25) is 10.1 Å². The number of benzene rings is 2. The van der Waals surface area contributed by atoms with Crippen LogP contribution in [0.25, 0.3) is 0 Å². The molecule has 4 atom stereocenters. The Balaban J connectivity index is 1.34. The molecule has 0 amide bonds. The van der Waals surface area contributed by atoms with Crippen molar-refractivity contribution in [2.45, 2.75) is 51.4 Å². The molecule has 2 fully saturated rings. The van der Waals surface area contributed by atoms with Crippen LogP contribution in [0.3, 0.4) is 0 Å². The molecular formula is C25H27N3O3. The summed E-state index contributed by atoms with van der Waals surface area (Å²) in [5, 5.41) is 29.6. The van der Waals surface area contributed by atoms with Crippen molar-refractivity contribution in [2.75, 3.05) is 0 Å². The highest BCUT2D eigenvalue weighted by molar-refractivity contribution is 5.93. The van der Waals surface area contributed by atoms with Crippen LogP contribution >= 0.6 is 0 Å². The number of rotatable bonds is 3. The molecule has 0 unspecified atom stereocenters. The molecule has 0 radical (unpaired) electrons. The number of aromatic hydroxyl groups is 1. The van der Waals surface area contributed by atoms with Gasteiger partial charge in [-0.1, -0.05) is 13.0 Å². The van der Waals surface area contributed by atoms with Gasteiger partial charge in [-0.05, 0) is 97.2 Å². The first-order valence-corrected chi connectivity index (χ1v) is 11.1. The van der Waals surface area contributed by atoms with Crippen LogP contribution in [0.1, 0.15) is 61.6 Å². The molecule has 0 bridgehead atoms. The minimum Gasteiger partial charge on any atom is -0.508 e. The van der Waals surface area contributed by atoms with Crippen LogP contribution in [-0.4, -0.2) is 22.0 Å². The van der Waals surface area contributed by atoms with Crippen LogP contribution in [-0.2, 0) is 6.42 Å². The lowest BCUT2D eigenvalue weighted by Gasteiger charge is -2.49. The molecule has 0 saturated heterocycles. The number of hydrogen-bond acceptors (Lipinski definition) is 5. The summed E-state index contributed by atoms with van der Waals surface area (Å²) >= 11 is 0. The number of nitrogens with zero attached hydrogens (tertiary/aromatic N) is 3. The summed E-state index contributed by atoms with van der Waals surface area (Å²) in [6.45, 7) is 2.37. The summed E-state index contributed by atoms with van der Waals surface area (Å²) in [5.41, 5.74) is 4.96. The average molecular weight is 418 g/mol. The number of phenols is 1. The molecule has 2 saturated carbocycles. The quantitative estimate of drug-likeness (QED) is 0.399. The molecule has 3 aliphatic rings. The Morgan fingerprint density at radius 2 is 1.94 bits per heavy atom. The topological polar surface area (TPSA) is 88.1 Å². The van der Waals surface area contributed by atoms with Crippen LogP contribution in [0.15, 0.2) is 52.7 Å². The second-order valence-corrected chi connectivity index (χ2v) is 9.43. The van der Waals surface area contributed by atoms with Gasteiger partial charge in [-0.2, -0.15) is 10.2 Å². The fourth-order valence-corrected chi connectivity index (χ4v) is 6.37. The first kappa shape index (κ1) is 19.9. The molecular weight excluding hydrogens is 390 g/mol. The number of fused-ring (bicyclic) bond motifs is 5. The summed E-state index contributed by atoms with van der Waals surface area (Å²) in [6, 6.07) is 12.3. The van der Waals surface area contributed by atoms with E-state index in [9.17, 15) is 15.2 Å². The Morgan fingerprint density at radius 3 is 2.71 bits per heavy atom. The normalized spacial score (nSPS) is 30.7. The highest BCUT2D eigenvalue weighted by Gasteiger charge is 2.53. The summed E-state index contributed by atoms with van der Waals surface area (Å²) in [5.74, 6) is 2.26. The van der Waals surface area contributed by atoms with Crippen molar-refractivity contribution >= 4 is 17.6 Å². The second kappa shape index (κ2) is 7.59. The van der Waals surface area contributed by atoms with E-state index in [1.165, 1.54) is 35.4 Å². The molecule has 0 heterocycles. The van der Waals surface area contributed by atoms with Gasteiger partial charge in [0.15, 0.2) is 0 Å². The van der Waals surface area contributed by atoms with E-state index < -0.39 is 4.92 Å². The molecule has 0 aromatic heterocycles. The Morgan fingerprint density at radius 1 is 1.13 bits per heavy atom. The van der Waals surface area contributed by atoms with E-state index in [4.69, 9.17) is 0 Å². The van der Waals surface area contributed by atoms with Gasteiger partial charge in [-0.25, -0.2) is 0 Å². The van der Waals surface area contributed by atoms with Crippen LogP contribution < -0.4 is 0 Å². The molecule has 6 heteroatoms. The summed E-state index contributed by atoms with van der Waals surface area (Å²) < 4.78 is 0. The van der Waals surface area contributed by atoms with E-state index in [1.54, 1.807) is 18.3 Å². The maximum absolute atomic E-state index is 10.8. The van der Waals surface area contributed by atoms with Crippen molar-refractivity contribution in [3.05, 3.63) is 69.3 Å². The standard InChI is InChI=1S/C25H27N3O3/c1-25-13-12-21-20-9-7-19(29)14-17(20)4-8-22(21)23(25)10-11-24(25)27-26-15-16-2-5-18(6-3-16)28(30)31/h2-3,5-7,9,14-15,21-23,29H,4,8,10-13H2,1H3/b26-15-,27-24-/t21-,22-,23+,25+/m1/s1. The fourth-order valence-electron chi connectivity index (χ4n) is 6.37. The lowest BCUT2D eigenvalue weighted by atomic mass is 9.55. The summed E-state index contributed by atoms with van der Waals surface area (Å²) in [4.78, 5) is 10.4. The van der Waals surface area contributed by atoms with Crippen molar-refractivity contribution in [1.82, 2.24) is 0 Å². The predicted molar refractivity (Wildman–Crippen MR) is 121 cm³/mol. The maximum atomic E-state index is 10.8. The minimum atomic E-state index is -0.399. The van der Waals surface area contributed by atoms with Crippen LogP contribution in [0.5, 0.6) is 5.75 Å². The molecule has 2 aromatic carbocycles. The fraction of sp³-hybridized carbons (Fsp3) is 0.440. The maximum Gasteiger partial charge on any atom is 0.269 e. The van der Waals surface area contributed by atoms with Crippen LogP contribution in [0, 0.1) is 27.4 Å². The van der Waals surface area contributed by atoms with E-state index in [2.05, 4.69) is 23.2 Å². The number of nitro benzene ring substituents is 1. The van der Waals surface area contributed by atoms with Gasteiger partial charge >= 0.3 is 0 Å². The van der Waals surface area contributed by atoms with Gasteiger partial charge in [0.25, 0.3) is 5.69 Å². The van der Waals surface area contributed by atoms with Crippen molar-refractivity contribution in [2.24, 2.45) is 27.5 Å². The predicted octanol–water partition coefficient (Wildman–Crippen LogP) is 5.63. The Bertz CT molecular complexity index is 1080. The monoisotopic (exact) mass is 417 g/mol. The number of hydrogen-bond donors (Lipinski definition) is 1. The number of non-ortho nitro benzene ring substituents is 1. The van der Waals surface area contributed by atoms with Crippen LogP contribution in [0.4, 0.5) is 5.69 Å². The molecule has 5 rings (SSSR count). The highest BCUT2D eigenvalue weighted by atomic mass is 16.6. The number of nitro groups is 1. The van der Waals surface area contributed by atoms with E-state index in [0.29, 0.717) is 23.5 Å². The van der Waals surface area contributed by atoms with Crippen molar-refractivity contribution < 1.29 is 10.0 Å². The number of aryl methyl sites for hydroxylation is 1. The molecule has 31 heavy (non-hydrogen) atoms. The van der Waals surface area contributed by atoms with Gasteiger partial charge in [0.05, 0.1) is 11.1 Å². The van der Waals surface area contributed by atoms with Gasteiger partial charge in [0.2, 0.25) is 0 Å². The van der Waals surface area contributed by atoms with E-state index >= 15 is 0 Å². The van der Waals surface area contributed by atoms with E-state index in [0.717, 1.165) is 37.7 Å². The first-order chi connectivity index (χ1) is 15.0. The lowest BCUT2D eigenvalue weighted by Crippen LogP contribution is -2.42. The smallest absolute Gasteiger partial charge is 0.269 e. The molecule has 2 aromatic rings. The Kier molecular flexibility index (Phi) is 4.88. The largest absolute Gasteiger partial charge is 0.508 e. The third-order valence-corrected chi connectivity index (χ3v) is 7.94. The SMILES string of the molecule is C[C@]12CC[C@@H]3c4ccc(O)cc4CC[C@H]3[C@@H]1CC/C2=N/N=C\c1ccc([N+](=O)[O-])cc1. The summed E-state index contributed by atoms with van der Waals surface area (Å²) in [6.07, 6.45) is 8.33. The third kappa shape index (κ3) is 3.44. The zero-order chi connectivity index (χ0) is 21.6. The van der Waals surface area contributed by atoms with Gasteiger partial charge in [0.1, 0.15) is 5.75 Å². The average Bonchev–Trinajstić information content (AvgIpc) is 3.10. The Labute approximate surface area is 181 Å². The minimum absolute atomic E-state index is 0.0793. The number of phenolic OH excluding ortho intramolecular Hbond substituents is 1. The zero-order valence-electron chi connectivity index (χ0n) is 17.7. The molecule has 3 aliphatic carbocycles. The van der Waals surface area contributed by atoms with E-state index in [-0.39, 0.29) is 11.1 Å². The first-order valence-electron chi connectivity index (χ1n) is 11.1. The summed E-state index contributed by atoms with van der Waals surface area (Å²) in [7, 11) is 0. The van der Waals surface area contributed by atoms with Gasteiger partial charge in [0, 0.05) is 23.3 Å². The molecule has 0 aliphatic heterocycles.